The van der Waals surface area contributed by atoms with Gasteiger partial charge in [-0.25, -0.2) is 0 Å². The van der Waals surface area contributed by atoms with Gasteiger partial charge in [0.1, 0.15) is 5.75 Å². The third kappa shape index (κ3) is 1.76. The number of nitrogens with zero attached hydrogens (tertiary/aromatic N) is 2. The van der Waals surface area contributed by atoms with Crippen molar-refractivity contribution in [3.63, 3.8) is 0 Å². The second-order valence-electron chi connectivity index (χ2n) is 3.22. The predicted octanol–water partition coefficient (Wildman–Crippen LogP) is 1.22. The zero-order valence-corrected chi connectivity index (χ0v) is 7.92. The maximum atomic E-state index is 10.4. The first kappa shape index (κ1) is 9.51. The molecule has 78 valence electrons. The molecule has 0 fully saturated rings. The largest absolute Gasteiger partial charge is 0.507 e. The average Bonchev–Trinajstić information content (AvgIpc) is 2.59. The van der Waals surface area contributed by atoms with Crippen LogP contribution in [0.15, 0.2) is 24.4 Å². The number of carboxylic acids is 1. The van der Waals surface area contributed by atoms with Crippen LogP contribution in [0, 0.1) is 0 Å². The molecular formula is C10H10N2O3. The van der Waals surface area contributed by atoms with Crippen LogP contribution in [0.2, 0.25) is 0 Å². The number of phenols is 1. The molecular weight excluding hydrogens is 196 g/mol. The molecule has 0 bridgehead atoms. The first-order valence-electron chi connectivity index (χ1n) is 4.54. The number of hydrogen-bond donors (Lipinski definition) is 2. The van der Waals surface area contributed by atoms with Gasteiger partial charge < -0.3 is 10.2 Å². The van der Waals surface area contributed by atoms with Crippen molar-refractivity contribution in [3.05, 3.63) is 24.4 Å². The van der Waals surface area contributed by atoms with Crippen molar-refractivity contribution < 1.29 is 15.0 Å². The SMILES string of the molecule is O=C(O)CCn1ncc2c(O)cccc21. The van der Waals surface area contributed by atoms with E-state index in [-0.39, 0.29) is 12.2 Å². The van der Waals surface area contributed by atoms with Gasteiger partial charge in [-0.15, -0.1) is 0 Å². The highest BCUT2D eigenvalue weighted by Gasteiger charge is 2.06. The summed E-state index contributed by atoms with van der Waals surface area (Å²) in [4.78, 5) is 10.4. The number of aliphatic carboxylic acids is 1. The van der Waals surface area contributed by atoms with E-state index in [2.05, 4.69) is 5.10 Å². The molecule has 0 atom stereocenters. The van der Waals surface area contributed by atoms with Gasteiger partial charge in [0.25, 0.3) is 0 Å². The molecule has 1 heterocycles. The number of aromatic nitrogens is 2. The molecule has 15 heavy (non-hydrogen) atoms. The Morgan fingerprint density at radius 1 is 1.47 bits per heavy atom. The Balaban J connectivity index is 2.37. The van der Waals surface area contributed by atoms with E-state index in [0.717, 1.165) is 5.52 Å². The molecule has 2 N–H and O–H groups in total. The van der Waals surface area contributed by atoms with Gasteiger partial charge in [0.15, 0.2) is 0 Å². The van der Waals surface area contributed by atoms with Crippen molar-refractivity contribution in [3.8, 4) is 5.75 Å². The zero-order valence-electron chi connectivity index (χ0n) is 7.92. The van der Waals surface area contributed by atoms with E-state index in [0.29, 0.717) is 11.9 Å². The first-order valence-corrected chi connectivity index (χ1v) is 4.54. The normalized spacial score (nSPS) is 10.7. The Morgan fingerprint density at radius 3 is 3.00 bits per heavy atom. The number of aromatic hydroxyl groups is 1. The van der Waals surface area contributed by atoms with E-state index >= 15 is 0 Å². The first-order chi connectivity index (χ1) is 7.18. The summed E-state index contributed by atoms with van der Waals surface area (Å²) in [6.07, 6.45) is 1.55. The number of carboxylic acid groups (broad SMARTS) is 1. The van der Waals surface area contributed by atoms with E-state index < -0.39 is 5.97 Å². The minimum atomic E-state index is -0.862. The minimum absolute atomic E-state index is 0.0203. The van der Waals surface area contributed by atoms with Gasteiger partial charge in [0.05, 0.1) is 30.1 Å². The molecule has 0 unspecified atom stereocenters. The number of phenolic OH excluding ortho intramolecular Hbond substituents is 1. The molecule has 2 aromatic rings. The lowest BCUT2D eigenvalue weighted by atomic mass is 10.2. The molecule has 1 aromatic carbocycles. The summed E-state index contributed by atoms with van der Waals surface area (Å²) >= 11 is 0. The number of fused-ring (bicyclic) bond motifs is 1. The number of carbonyl (C=O) groups is 1. The second-order valence-corrected chi connectivity index (χ2v) is 3.22. The minimum Gasteiger partial charge on any atom is -0.507 e. The predicted molar refractivity (Wildman–Crippen MR) is 53.7 cm³/mol. The van der Waals surface area contributed by atoms with Gasteiger partial charge in [-0.05, 0) is 12.1 Å². The van der Waals surface area contributed by atoms with Gasteiger partial charge in [0, 0.05) is 0 Å². The molecule has 5 heteroatoms. The van der Waals surface area contributed by atoms with Crippen LogP contribution in [-0.2, 0) is 11.3 Å². The van der Waals surface area contributed by atoms with Crippen LogP contribution in [0.1, 0.15) is 6.42 Å². The highest BCUT2D eigenvalue weighted by Crippen LogP contribution is 2.23. The molecule has 0 saturated carbocycles. The second kappa shape index (κ2) is 3.61. The molecule has 0 aliphatic heterocycles. The Labute approximate surface area is 85.6 Å². The molecule has 0 saturated heterocycles. The van der Waals surface area contributed by atoms with Crippen molar-refractivity contribution in [2.75, 3.05) is 0 Å². The zero-order chi connectivity index (χ0) is 10.8. The third-order valence-electron chi connectivity index (χ3n) is 2.20. The van der Waals surface area contributed by atoms with E-state index in [4.69, 9.17) is 5.11 Å². The fraction of sp³-hybridized carbons (Fsp3) is 0.200. The van der Waals surface area contributed by atoms with Gasteiger partial charge in [0.2, 0.25) is 0 Å². The van der Waals surface area contributed by atoms with Crippen LogP contribution in [-0.4, -0.2) is 26.0 Å². The summed E-state index contributed by atoms with van der Waals surface area (Å²) in [6, 6.07) is 5.08. The van der Waals surface area contributed by atoms with Crippen LogP contribution >= 0.6 is 0 Å². The Bertz CT molecular complexity index is 504. The lowest BCUT2D eigenvalue weighted by molar-refractivity contribution is -0.137. The Kier molecular flexibility index (Phi) is 2.29. The Hall–Kier alpha value is -2.04. The van der Waals surface area contributed by atoms with Gasteiger partial charge in [-0.1, -0.05) is 6.07 Å². The van der Waals surface area contributed by atoms with Crippen molar-refractivity contribution in [1.29, 1.82) is 0 Å². The lowest BCUT2D eigenvalue weighted by Gasteiger charge is -2.00. The summed E-state index contributed by atoms with van der Waals surface area (Å²) in [5, 5.41) is 22.7. The molecule has 1 aromatic heterocycles. The van der Waals surface area contributed by atoms with Crippen molar-refractivity contribution >= 4 is 16.9 Å². The number of rotatable bonds is 3. The molecule has 0 amide bonds. The summed E-state index contributed by atoms with van der Waals surface area (Å²) < 4.78 is 1.57. The third-order valence-corrected chi connectivity index (χ3v) is 2.20. The van der Waals surface area contributed by atoms with E-state index in [1.54, 1.807) is 22.9 Å². The lowest BCUT2D eigenvalue weighted by Crippen LogP contribution is -2.05. The van der Waals surface area contributed by atoms with Crippen LogP contribution < -0.4 is 0 Å². The molecule has 0 spiro atoms. The van der Waals surface area contributed by atoms with Crippen LogP contribution in [0.3, 0.4) is 0 Å². The maximum absolute atomic E-state index is 10.4. The molecule has 0 aliphatic rings. The monoisotopic (exact) mass is 206 g/mol. The van der Waals surface area contributed by atoms with Crippen LogP contribution in [0.4, 0.5) is 0 Å². The standard InChI is InChI=1S/C10H10N2O3/c13-9-3-1-2-8-7(9)6-11-12(8)5-4-10(14)15/h1-3,6,13H,4-5H2,(H,14,15). The average molecular weight is 206 g/mol. The van der Waals surface area contributed by atoms with E-state index in [1.807, 2.05) is 0 Å². The van der Waals surface area contributed by atoms with Gasteiger partial charge in [-0.3, -0.25) is 9.48 Å². The number of benzene rings is 1. The highest BCUT2D eigenvalue weighted by atomic mass is 16.4. The molecule has 2 rings (SSSR count). The quantitative estimate of drug-likeness (QED) is 0.791. The summed E-state index contributed by atoms with van der Waals surface area (Å²) in [5.74, 6) is -0.701. The van der Waals surface area contributed by atoms with E-state index in [1.165, 1.54) is 6.20 Å². The molecule has 0 aliphatic carbocycles. The summed E-state index contributed by atoms with van der Waals surface area (Å²) in [5.41, 5.74) is 0.747. The van der Waals surface area contributed by atoms with Crippen LogP contribution in [0.25, 0.3) is 10.9 Å². The summed E-state index contributed by atoms with van der Waals surface area (Å²) in [6.45, 7) is 0.308. The Morgan fingerprint density at radius 2 is 2.27 bits per heavy atom. The van der Waals surface area contributed by atoms with Crippen molar-refractivity contribution in [2.24, 2.45) is 0 Å². The van der Waals surface area contributed by atoms with Crippen molar-refractivity contribution in [1.82, 2.24) is 9.78 Å². The molecule has 5 nitrogen and oxygen atoms in total. The number of aryl methyl sites for hydroxylation is 1. The van der Waals surface area contributed by atoms with E-state index in [9.17, 15) is 9.90 Å². The fourth-order valence-electron chi connectivity index (χ4n) is 1.47. The van der Waals surface area contributed by atoms with Gasteiger partial charge in [-0.2, -0.15) is 5.10 Å². The van der Waals surface area contributed by atoms with Gasteiger partial charge >= 0.3 is 5.97 Å². The summed E-state index contributed by atoms with van der Waals surface area (Å²) in [7, 11) is 0. The smallest absolute Gasteiger partial charge is 0.305 e. The fourth-order valence-corrected chi connectivity index (χ4v) is 1.47. The van der Waals surface area contributed by atoms with Crippen molar-refractivity contribution in [2.45, 2.75) is 13.0 Å². The number of hydrogen-bond acceptors (Lipinski definition) is 3. The molecule has 0 radical (unpaired) electrons. The topological polar surface area (TPSA) is 75.3 Å². The highest BCUT2D eigenvalue weighted by molar-refractivity contribution is 5.84. The van der Waals surface area contributed by atoms with Crippen LogP contribution in [0.5, 0.6) is 5.75 Å². The maximum Gasteiger partial charge on any atom is 0.305 e.